The van der Waals surface area contributed by atoms with Crippen molar-refractivity contribution in [1.29, 1.82) is 0 Å². The number of carbonyl (C=O) groups excluding carboxylic acids is 1. The molecule has 0 N–H and O–H groups in total. The molecule has 1 amide bonds. The molecule has 0 aliphatic heterocycles. The Balaban J connectivity index is 2.51. The van der Waals surface area contributed by atoms with E-state index in [1.807, 2.05) is 48.5 Å². The molecule has 128 valence electrons. The summed E-state index contributed by atoms with van der Waals surface area (Å²) in [5.74, 6) is 0.689. The Morgan fingerprint density at radius 1 is 0.875 bits per heavy atom. The van der Waals surface area contributed by atoms with E-state index < -0.39 is 29.1 Å². The SMILES string of the molecule is COc1ccc([Te](=NC(=O)C(Cl)(Cl)Cl)c2ccc(OC)cc2)cc1. The fourth-order valence-electron chi connectivity index (χ4n) is 1.79. The van der Waals surface area contributed by atoms with Crippen molar-refractivity contribution in [2.45, 2.75) is 3.79 Å². The molecule has 0 aliphatic rings. The number of halogens is 3. The summed E-state index contributed by atoms with van der Waals surface area (Å²) in [4.78, 5) is 12.1. The molecule has 0 unspecified atom stereocenters. The molecule has 0 aromatic heterocycles. The molecule has 24 heavy (non-hydrogen) atoms. The minimum atomic E-state index is -2.63. The van der Waals surface area contributed by atoms with E-state index in [4.69, 9.17) is 44.3 Å². The summed E-state index contributed by atoms with van der Waals surface area (Å²) in [6.45, 7) is 0. The predicted octanol–water partition coefficient (Wildman–Crippen LogP) is 2.97. The van der Waals surface area contributed by atoms with Crippen molar-refractivity contribution in [3.05, 3.63) is 48.5 Å². The second kappa shape index (κ2) is 8.51. The Morgan fingerprint density at radius 3 is 1.54 bits per heavy atom. The van der Waals surface area contributed by atoms with Gasteiger partial charge in [-0.1, -0.05) is 0 Å². The zero-order valence-corrected chi connectivity index (χ0v) is 17.4. The van der Waals surface area contributed by atoms with Gasteiger partial charge in [0, 0.05) is 0 Å². The molecule has 0 atom stereocenters. The van der Waals surface area contributed by atoms with E-state index in [0.29, 0.717) is 0 Å². The van der Waals surface area contributed by atoms with Crippen LogP contribution in [0.1, 0.15) is 0 Å². The average Bonchev–Trinajstić information content (AvgIpc) is 2.59. The molecule has 2 rings (SSSR count). The number of benzene rings is 2. The van der Waals surface area contributed by atoms with E-state index in [1.54, 1.807) is 14.2 Å². The van der Waals surface area contributed by atoms with Crippen LogP contribution in [-0.2, 0) is 4.79 Å². The van der Waals surface area contributed by atoms with E-state index in [0.717, 1.165) is 18.7 Å². The number of rotatable bonds is 4. The first kappa shape index (κ1) is 19.5. The molecule has 0 heterocycles. The Morgan fingerprint density at radius 2 is 1.25 bits per heavy atom. The fraction of sp³-hybridized carbons (Fsp3) is 0.188. The summed E-state index contributed by atoms with van der Waals surface area (Å²) in [5.41, 5.74) is 0. The van der Waals surface area contributed by atoms with E-state index in [1.165, 1.54) is 0 Å². The molecule has 2 aromatic rings. The molecule has 0 saturated carbocycles. The molecule has 0 fully saturated rings. The van der Waals surface area contributed by atoms with Crippen LogP contribution in [0.5, 0.6) is 11.5 Å². The molecule has 0 aliphatic carbocycles. The second-order valence-corrected chi connectivity index (χ2v) is 11.6. The Kier molecular flexibility index (Phi) is 6.91. The van der Waals surface area contributed by atoms with Gasteiger partial charge in [0.1, 0.15) is 0 Å². The first-order valence-electron chi connectivity index (χ1n) is 6.70. The van der Waals surface area contributed by atoms with E-state index in [2.05, 4.69) is 3.18 Å². The van der Waals surface area contributed by atoms with Crippen LogP contribution in [0.15, 0.2) is 51.7 Å². The molecule has 0 bridgehead atoms. The van der Waals surface area contributed by atoms with Crippen LogP contribution in [0.3, 0.4) is 0 Å². The van der Waals surface area contributed by atoms with Crippen molar-refractivity contribution in [3.63, 3.8) is 0 Å². The maximum atomic E-state index is 12.1. The van der Waals surface area contributed by atoms with Crippen molar-refractivity contribution in [2.75, 3.05) is 14.2 Å². The molecule has 4 nitrogen and oxygen atoms in total. The Hall–Kier alpha value is -0.830. The number of amides is 1. The first-order chi connectivity index (χ1) is 11.3. The monoisotopic (exact) mass is 503 g/mol. The van der Waals surface area contributed by atoms with Gasteiger partial charge in [-0.05, 0) is 0 Å². The van der Waals surface area contributed by atoms with Crippen LogP contribution in [0, 0.1) is 0 Å². The van der Waals surface area contributed by atoms with Gasteiger partial charge in [0.25, 0.3) is 0 Å². The first-order valence-corrected chi connectivity index (χ1v) is 11.2. The van der Waals surface area contributed by atoms with Gasteiger partial charge in [-0.25, -0.2) is 0 Å². The summed E-state index contributed by atoms with van der Waals surface area (Å²) in [7, 11) is 3.18. The Labute approximate surface area is 162 Å². The number of methoxy groups -OCH3 is 2. The molecule has 0 spiro atoms. The molecule has 0 saturated heterocycles. The van der Waals surface area contributed by atoms with E-state index in [9.17, 15) is 4.79 Å². The molecule has 0 radical (unpaired) electrons. The van der Waals surface area contributed by atoms with E-state index >= 15 is 0 Å². The normalized spacial score (nSPS) is 11.2. The van der Waals surface area contributed by atoms with Gasteiger partial charge in [0.05, 0.1) is 0 Å². The number of hydrogen-bond donors (Lipinski definition) is 0. The van der Waals surface area contributed by atoms with Crippen molar-refractivity contribution in [2.24, 2.45) is 3.18 Å². The number of carbonyl (C=O) groups is 1. The van der Waals surface area contributed by atoms with Gasteiger partial charge < -0.3 is 0 Å². The molecule has 8 heteroatoms. The third kappa shape index (κ3) is 5.08. The second-order valence-electron chi connectivity index (χ2n) is 4.53. The standard InChI is InChI=1S/C16H14Cl3NO3Te/c1-22-11-3-7-13(8-4-11)24(20-15(21)16(17,18)19)14-9-5-12(23-2)6-10-14/h3-10H,1-2H3. The summed E-state index contributed by atoms with van der Waals surface area (Å²) >= 11 is 14.4. The zero-order chi connectivity index (χ0) is 17.7. The van der Waals surface area contributed by atoms with Gasteiger partial charge in [-0.3, -0.25) is 0 Å². The van der Waals surface area contributed by atoms with Gasteiger partial charge in [0.15, 0.2) is 0 Å². The molecular formula is C16H14Cl3NO3Te. The summed E-state index contributed by atoms with van der Waals surface area (Å²) < 4.78 is 14.4. The van der Waals surface area contributed by atoms with Crippen molar-refractivity contribution >= 4 is 67.3 Å². The van der Waals surface area contributed by atoms with Crippen molar-refractivity contribution in [1.82, 2.24) is 0 Å². The van der Waals surface area contributed by atoms with Crippen LogP contribution < -0.4 is 16.7 Å². The third-order valence-corrected chi connectivity index (χ3v) is 8.56. The quantitative estimate of drug-likeness (QED) is 0.478. The minimum absolute atomic E-state index is 0.722. The van der Waals surface area contributed by atoms with Crippen molar-refractivity contribution in [3.8, 4) is 11.5 Å². The van der Waals surface area contributed by atoms with Crippen LogP contribution in [0.25, 0.3) is 0 Å². The summed E-state index contributed by atoms with van der Waals surface area (Å²) in [6.07, 6.45) is 0. The number of alkyl halides is 3. The van der Waals surface area contributed by atoms with Crippen LogP contribution >= 0.6 is 34.8 Å². The fourth-order valence-corrected chi connectivity index (χ4v) is 6.88. The Bertz CT molecular complexity index is 691. The number of ether oxygens (including phenoxy) is 2. The topological polar surface area (TPSA) is 47.9 Å². The third-order valence-electron chi connectivity index (χ3n) is 2.98. The van der Waals surface area contributed by atoms with Crippen LogP contribution in [0.4, 0.5) is 0 Å². The molecule has 2 aromatic carbocycles. The molecular weight excluding hydrogens is 488 g/mol. The van der Waals surface area contributed by atoms with E-state index in [-0.39, 0.29) is 0 Å². The van der Waals surface area contributed by atoms with Gasteiger partial charge in [0.2, 0.25) is 0 Å². The summed E-state index contributed by atoms with van der Waals surface area (Å²) in [6, 6.07) is 14.8. The van der Waals surface area contributed by atoms with Crippen LogP contribution in [0.2, 0.25) is 0 Å². The number of nitrogens with zero attached hydrogens (tertiary/aromatic N) is 1. The van der Waals surface area contributed by atoms with Gasteiger partial charge in [-0.2, -0.15) is 0 Å². The maximum absolute atomic E-state index is 12.1. The number of hydrogen-bond acceptors (Lipinski definition) is 3. The average molecular weight is 502 g/mol. The predicted molar refractivity (Wildman–Crippen MR) is 98.7 cm³/mol. The van der Waals surface area contributed by atoms with Gasteiger partial charge in [-0.15, -0.1) is 0 Å². The van der Waals surface area contributed by atoms with Crippen molar-refractivity contribution < 1.29 is 14.3 Å². The zero-order valence-electron chi connectivity index (χ0n) is 12.8. The van der Waals surface area contributed by atoms with Gasteiger partial charge >= 0.3 is 163 Å². The van der Waals surface area contributed by atoms with Crippen LogP contribution in [-0.4, -0.2) is 43.3 Å². The summed E-state index contributed by atoms with van der Waals surface area (Å²) in [5, 5.41) is 0.